The molecule has 5 rings (SSSR count). The normalized spacial score (nSPS) is 12.0. The molecule has 142 valence electrons. The molecule has 29 heavy (non-hydrogen) atoms. The fourth-order valence-electron chi connectivity index (χ4n) is 5.05. The van der Waals surface area contributed by atoms with E-state index in [0.717, 1.165) is 6.42 Å². The molecule has 1 heteroatoms. The molecule has 0 fully saturated rings. The van der Waals surface area contributed by atoms with Gasteiger partial charge in [-0.1, -0.05) is 60.7 Å². The summed E-state index contributed by atoms with van der Waals surface area (Å²) in [6.07, 6.45) is 3.28. The van der Waals surface area contributed by atoms with Crippen molar-refractivity contribution in [3.05, 3.63) is 101 Å². The minimum absolute atomic E-state index is 1.01. The predicted molar refractivity (Wildman–Crippen MR) is 121 cm³/mol. The molecule has 1 aliphatic carbocycles. The van der Waals surface area contributed by atoms with Crippen LogP contribution >= 0.6 is 0 Å². The van der Waals surface area contributed by atoms with Crippen molar-refractivity contribution >= 4 is 0 Å². The smallest absolute Gasteiger partial charge is 0.201 e. The Hall–Kier alpha value is -3.19. The summed E-state index contributed by atoms with van der Waals surface area (Å²) in [4.78, 5) is 0. The first-order valence-electron chi connectivity index (χ1n) is 10.3. The summed E-state index contributed by atoms with van der Waals surface area (Å²) in [6, 6.07) is 24.3. The number of pyridine rings is 1. The third-order valence-electron chi connectivity index (χ3n) is 6.29. The fourth-order valence-corrected chi connectivity index (χ4v) is 5.05. The van der Waals surface area contributed by atoms with Gasteiger partial charge in [-0.2, -0.15) is 0 Å². The SMILES string of the molecule is Cc1c[n+](C)c(-c2c(C)cc(C)c3c2Cc2ccccc2-3)cc1-c1ccccc1. The van der Waals surface area contributed by atoms with Gasteiger partial charge >= 0.3 is 0 Å². The van der Waals surface area contributed by atoms with Crippen LogP contribution in [0.1, 0.15) is 27.8 Å². The number of aryl methyl sites for hydroxylation is 4. The van der Waals surface area contributed by atoms with Gasteiger partial charge in [-0.25, -0.2) is 4.57 Å². The highest BCUT2D eigenvalue weighted by Gasteiger charge is 2.28. The topological polar surface area (TPSA) is 3.88 Å². The Balaban J connectivity index is 1.78. The zero-order valence-electron chi connectivity index (χ0n) is 17.6. The first-order valence-corrected chi connectivity index (χ1v) is 10.3. The molecular weight excluding hydrogens is 350 g/mol. The van der Waals surface area contributed by atoms with Crippen molar-refractivity contribution in [2.45, 2.75) is 27.2 Å². The van der Waals surface area contributed by atoms with Crippen LogP contribution in [0.5, 0.6) is 0 Å². The molecule has 4 aromatic rings. The molecule has 0 aliphatic heterocycles. The highest BCUT2D eigenvalue weighted by Crippen LogP contribution is 2.44. The van der Waals surface area contributed by atoms with E-state index in [0.29, 0.717) is 0 Å². The third-order valence-corrected chi connectivity index (χ3v) is 6.29. The first kappa shape index (κ1) is 17.9. The fraction of sp³-hybridized carbons (Fsp3) is 0.179. The van der Waals surface area contributed by atoms with Gasteiger partial charge in [0.2, 0.25) is 5.69 Å². The minimum Gasteiger partial charge on any atom is -0.201 e. The lowest BCUT2D eigenvalue weighted by atomic mass is 9.89. The highest BCUT2D eigenvalue weighted by atomic mass is 14.9. The van der Waals surface area contributed by atoms with E-state index in [1.54, 1.807) is 0 Å². The predicted octanol–water partition coefficient (Wildman–Crippen LogP) is 6.34. The second-order valence-electron chi connectivity index (χ2n) is 8.31. The van der Waals surface area contributed by atoms with E-state index in [1.165, 1.54) is 61.3 Å². The van der Waals surface area contributed by atoms with Gasteiger partial charge in [0.15, 0.2) is 6.20 Å². The maximum Gasteiger partial charge on any atom is 0.213 e. The summed E-state index contributed by atoms with van der Waals surface area (Å²) in [6.45, 7) is 6.71. The van der Waals surface area contributed by atoms with Crippen LogP contribution in [0.2, 0.25) is 0 Å². The lowest BCUT2D eigenvalue weighted by Crippen LogP contribution is -2.32. The molecule has 0 N–H and O–H groups in total. The van der Waals surface area contributed by atoms with E-state index in [4.69, 9.17) is 0 Å². The Morgan fingerprint density at radius 2 is 1.38 bits per heavy atom. The summed E-state index contributed by atoms with van der Waals surface area (Å²) in [5.74, 6) is 0. The van der Waals surface area contributed by atoms with Crippen molar-refractivity contribution in [1.82, 2.24) is 0 Å². The number of hydrogen-bond donors (Lipinski definition) is 0. The molecule has 0 radical (unpaired) electrons. The molecule has 1 nitrogen and oxygen atoms in total. The van der Waals surface area contributed by atoms with Crippen LogP contribution < -0.4 is 4.57 Å². The minimum atomic E-state index is 1.01. The maximum atomic E-state index is 2.38. The quantitative estimate of drug-likeness (QED) is 0.316. The van der Waals surface area contributed by atoms with E-state index < -0.39 is 0 Å². The Morgan fingerprint density at radius 3 is 2.17 bits per heavy atom. The lowest BCUT2D eigenvalue weighted by Gasteiger charge is -2.15. The molecule has 1 aliphatic rings. The molecule has 0 saturated carbocycles. The molecule has 0 spiro atoms. The molecule has 0 atom stereocenters. The van der Waals surface area contributed by atoms with Crippen molar-refractivity contribution in [2.75, 3.05) is 0 Å². The summed E-state index contributed by atoms with van der Waals surface area (Å²) in [5.41, 5.74) is 15.0. The van der Waals surface area contributed by atoms with Crippen molar-refractivity contribution in [2.24, 2.45) is 7.05 Å². The van der Waals surface area contributed by atoms with Gasteiger partial charge in [-0.15, -0.1) is 0 Å². The summed E-state index contributed by atoms with van der Waals surface area (Å²) >= 11 is 0. The van der Waals surface area contributed by atoms with E-state index in [2.05, 4.69) is 105 Å². The van der Waals surface area contributed by atoms with Gasteiger partial charge in [-0.05, 0) is 71.7 Å². The molecular formula is C28H26N+. The second kappa shape index (κ2) is 6.70. The maximum absolute atomic E-state index is 2.38. The Morgan fingerprint density at radius 1 is 0.690 bits per heavy atom. The van der Waals surface area contributed by atoms with E-state index in [-0.39, 0.29) is 0 Å². The highest BCUT2D eigenvalue weighted by molar-refractivity contribution is 5.87. The molecule has 0 unspecified atom stereocenters. The Bertz CT molecular complexity index is 1250. The number of hydrogen-bond acceptors (Lipinski definition) is 0. The molecule has 0 saturated heterocycles. The van der Waals surface area contributed by atoms with Gasteiger partial charge in [-0.3, -0.25) is 0 Å². The lowest BCUT2D eigenvalue weighted by molar-refractivity contribution is -0.660. The van der Waals surface area contributed by atoms with Crippen molar-refractivity contribution in [1.29, 1.82) is 0 Å². The first-order chi connectivity index (χ1) is 14.0. The molecule has 3 aromatic carbocycles. The summed E-state index contributed by atoms with van der Waals surface area (Å²) < 4.78 is 2.29. The zero-order valence-corrected chi connectivity index (χ0v) is 17.6. The largest absolute Gasteiger partial charge is 0.213 e. The average molecular weight is 377 g/mol. The third kappa shape index (κ3) is 2.81. The number of aromatic nitrogens is 1. The van der Waals surface area contributed by atoms with Crippen molar-refractivity contribution in [3.63, 3.8) is 0 Å². The van der Waals surface area contributed by atoms with E-state index >= 15 is 0 Å². The molecule has 1 heterocycles. The average Bonchev–Trinajstić information content (AvgIpc) is 3.09. The van der Waals surface area contributed by atoms with Crippen LogP contribution in [0.15, 0.2) is 72.9 Å². The van der Waals surface area contributed by atoms with Crippen LogP contribution in [-0.2, 0) is 13.5 Å². The van der Waals surface area contributed by atoms with E-state index in [9.17, 15) is 0 Å². The Labute approximate surface area is 173 Å². The van der Waals surface area contributed by atoms with Crippen molar-refractivity contribution < 1.29 is 4.57 Å². The van der Waals surface area contributed by atoms with Crippen LogP contribution in [0.3, 0.4) is 0 Å². The van der Waals surface area contributed by atoms with Gasteiger partial charge < -0.3 is 0 Å². The van der Waals surface area contributed by atoms with E-state index in [1.807, 2.05) is 0 Å². The number of rotatable bonds is 2. The van der Waals surface area contributed by atoms with Gasteiger partial charge in [0, 0.05) is 11.6 Å². The van der Waals surface area contributed by atoms with Gasteiger partial charge in [0.1, 0.15) is 7.05 Å². The number of nitrogens with zero attached hydrogens (tertiary/aromatic N) is 1. The molecule has 0 bridgehead atoms. The van der Waals surface area contributed by atoms with Crippen LogP contribution in [0.4, 0.5) is 0 Å². The van der Waals surface area contributed by atoms with Gasteiger partial charge in [0.25, 0.3) is 0 Å². The number of fused-ring (bicyclic) bond motifs is 3. The second-order valence-corrected chi connectivity index (χ2v) is 8.31. The standard InChI is InChI=1S/C28H26N/c1-18-14-19(2)28(25-15-22-12-8-9-13-23(22)27(18)25)26-16-24(20(3)17-29(26)4)21-10-6-5-7-11-21/h5-14,16-17H,15H2,1-4H3/q+1. The molecule has 0 amide bonds. The summed E-state index contributed by atoms with van der Waals surface area (Å²) in [5, 5.41) is 0. The number of benzene rings is 3. The molecule has 1 aromatic heterocycles. The van der Waals surface area contributed by atoms with Crippen LogP contribution in [0, 0.1) is 20.8 Å². The van der Waals surface area contributed by atoms with Crippen LogP contribution in [-0.4, -0.2) is 0 Å². The van der Waals surface area contributed by atoms with Crippen LogP contribution in [0.25, 0.3) is 33.5 Å². The zero-order chi connectivity index (χ0) is 20.1. The van der Waals surface area contributed by atoms with Gasteiger partial charge in [0.05, 0.1) is 5.56 Å². The van der Waals surface area contributed by atoms with Crippen molar-refractivity contribution in [3.8, 4) is 33.5 Å². The summed E-state index contributed by atoms with van der Waals surface area (Å²) in [7, 11) is 2.17. The monoisotopic (exact) mass is 376 g/mol. The Kier molecular flexibility index (Phi) is 4.13.